The number of allylic oxidation sites excluding steroid dienone is 1. The predicted octanol–water partition coefficient (Wildman–Crippen LogP) is 4.72. The molecule has 3 N–H and O–H groups in total. The van der Waals surface area contributed by atoms with Crippen LogP contribution in [-0.2, 0) is 17.6 Å². The summed E-state index contributed by atoms with van der Waals surface area (Å²) in [7, 11) is 1.56. The number of pyridine rings is 1. The van der Waals surface area contributed by atoms with Crippen molar-refractivity contribution in [3.8, 4) is 5.75 Å². The molecule has 0 atom stereocenters. The molecule has 14 heteroatoms. The highest BCUT2D eigenvalue weighted by Crippen LogP contribution is 2.23. The smallest absolute Gasteiger partial charge is 0.406 e. The Morgan fingerprint density at radius 3 is 2.70 bits per heavy atom. The maximum absolute atomic E-state index is 12.4. The van der Waals surface area contributed by atoms with Crippen LogP contribution in [0.2, 0.25) is 0 Å². The second-order valence-corrected chi connectivity index (χ2v) is 8.16. The number of carbonyl (C=O) groups is 1. The fourth-order valence-electron chi connectivity index (χ4n) is 2.91. The zero-order valence-corrected chi connectivity index (χ0v) is 21.3. The molecule has 0 aliphatic carbocycles. The Kier molecular flexibility index (Phi) is 11.8. The largest absolute Gasteiger partial charge is 0.573 e. The molecule has 1 heterocycles. The number of benzene rings is 1. The van der Waals surface area contributed by atoms with Crippen LogP contribution >= 0.6 is 11.9 Å². The van der Waals surface area contributed by atoms with Crippen molar-refractivity contribution in [2.24, 2.45) is 14.7 Å². The molecule has 200 valence electrons. The summed E-state index contributed by atoms with van der Waals surface area (Å²) in [6.45, 7) is 3.91. The second-order valence-electron chi connectivity index (χ2n) is 7.45. The molecular formula is C23H28F3N7O3S. The molecule has 0 unspecified atom stereocenters. The van der Waals surface area contributed by atoms with E-state index in [1.807, 2.05) is 32.0 Å². The number of nitrogens with zero attached hydrogens (tertiary/aromatic N) is 5. The summed E-state index contributed by atoms with van der Waals surface area (Å²) in [6.07, 6.45) is -2.43. The molecule has 0 bridgehead atoms. The standard InChI is InChI=1S/C23H28F3N7O3S/c1-4-7-20(29-21(34)15-17-9-6-11-19(14-17)36-23(24,25)26)30-32-37-22(31-27-3)33(35)13-12-18-10-5-8-16(2)28-18/h5-11,14,27,35H,4,12-13,15H2,1-3H3,(H,29,34)/b20-7-,31-22-,32-30?. The van der Waals surface area contributed by atoms with Crippen LogP contribution in [0.15, 0.2) is 69.1 Å². The number of nitrogens with one attached hydrogen (secondary N) is 2. The Labute approximate surface area is 216 Å². The summed E-state index contributed by atoms with van der Waals surface area (Å²) in [4.78, 5) is 16.8. The average molecular weight is 540 g/mol. The van der Waals surface area contributed by atoms with Crippen molar-refractivity contribution in [3.05, 3.63) is 71.3 Å². The van der Waals surface area contributed by atoms with E-state index in [0.717, 1.165) is 40.5 Å². The first-order valence-electron chi connectivity index (χ1n) is 11.2. The van der Waals surface area contributed by atoms with Gasteiger partial charge in [-0.05, 0) is 49.2 Å². The molecule has 0 spiro atoms. The number of aryl methyl sites for hydroxylation is 1. The lowest BCUT2D eigenvalue weighted by atomic mass is 10.1. The van der Waals surface area contributed by atoms with E-state index in [1.165, 1.54) is 12.1 Å². The molecule has 0 aliphatic heterocycles. The third-order valence-corrected chi connectivity index (χ3v) is 5.02. The van der Waals surface area contributed by atoms with Gasteiger partial charge in [0, 0.05) is 24.9 Å². The normalized spacial score (nSPS) is 12.5. The van der Waals surface area contributed by atoms with Crippen LogP contribution in [0, 0.1) is 6.92 Å². The minimum Gasteiger partial charge on any atom is -0.406 e. The van der Waals surface area contributed by atoms with Gasteiger partial charge in [-0.1, -0.05) is 25.1 Å². The number of hydroxylamine groups is 2. The maximum Gasteiger partial charge on any atom is 0.573 e. The highest BCUT2D eigenvalue weighted by atomic mass is 32.2. The molecule has 0 aliphatic rings. The third-order valence-electron chi connectivity index (χ3n) is 4.39. The van der Waals surface area contributed by atoms with Gasteiger partial charge in [0.2, 0.25) is 11.1 Å². The quantitative estimate of drug-likeness (QED) is 0.124. The number of amides is 1. The van der Waals surface area contributed by atoms with Gasteiger partial charge in [-0.3, -0.25) is 15.0 Å². The van der Waals surface area contributed by atoms with Crippen molar-refractivity contribution < 1.29 is 27.9 Å². The molecule has 0 radical (unpaired) electrons. The van der Waals surface area contributed by atoms with Gasteiger partial charge in [0.05, 0.1) is 24.9 Å². The van der Waals surface area contributed by atoms with E-state index in [4.69, 9.17) is 0 Å². The van der Waals surface area contributed by atoms with E-state index in [1.54, 1.807) is 13.1 Å². The van der Waals surface area contributed by atoms with Crippen LogP contribution in [-0.4, -0.2) is 46.3 Å². The molecule has 0 saturated heterocycles. The Bertz CT molecular complexity index is 1130. The Hall–Kier alpha value is -3.65. The number of hydrazone groups is 1. The highest BCUT2D eigenvalue weighted by molar-refractivity contribution is 8.12. The average Bonchev–Trinajstić information content (AvgIpc) is 2.81. The first kappa shape index (κ1) is 29.6. The van der Waals surface area contributed by atoms with Crippen molar-refractivity contribution >= 4 is 23.0 Å². The van der Waals surface area contributed by atoms with E-state index < -0.39 is 18.0 Å². The lowest BCUT2D eigenvalue weighted by Gasteiger charge is -2.16. The zero-order valence-electron chi connectivity index (χ0n) is 20.5. The highest BCUT2D eigenvalue weighted by Gasteiger charge is 2.31. The number of rotatable bonds is 11. The third kappa shape index (κ3) is 11.8. The minimum absolute atomic E-state index is 0.113. The summed E-state index contributed by atoms with van der Waals surface area (Å²) in [6, 6.07) is 10.8. The molecule has 10 nitrogen and oxygen atoms in total. The van der Waals surface area contributed by atoms with Gasteiger partial charge in [0.25, 0.3) is 0 Å². The van der Waals surface area contributed by atoms with Crippen LogP contribution in [0.4, 0.5) is 13.2 Å². The summed E-state index contributed by atoms with van der Waals surface area (Å²) in [5.74, 6) is -0.785. The molecule has 1 amide bonds. The number of carbonyl (C=O) groups excluding carboxylic acids is 1. The van der Waals surface area contributed by atoms with Crippen LogP contribution in [0.5, 0.6) is 5.75 Å². The van der Waals surface area contributed by atoms with Crippen LogP contribution in [0.3, 0.4) is 0 Å². The van der Waals surface area contributed by atoms with Gasteiger partial charge in [-0.15, -0.1) is 22.8 Å². The van der Waals surface area contributed by atoms with Gasteiger partial charge in [-0.2, -0.15) is 5.10 Å². The number of halogens is 3. The van der Waals surface area contributed by atoms with E-state index in [2.05, 4.69) is 35.2 Å². The van der Waals surface area contributed by atoms with Crippen LogP contribution < -0.4 is 15.5 Å². The van der Waals surface area contributed by atoms with E-state index in [0.29, 0.717) is 18.4 Å². The molecule has 0 fully saturated rings. The lowest BCUT2D eigenvalue weighted by Crippen LogP contribution is -2.28. The fraction of sp³-hybridized carbons (Fsp3) is 0.348. The van der Waals surface area contributed by atoms with Gasteiger partial charge in [-0.25, -0.2) is 5.06 Å². The van der Waals surface area contributed by atoms with Gasteiger partial charge < -0.3 is 15.5 Å². The molecule has 2 aromatic rings. The van der Waals surface area contributed by atoms with E-state index >= 15 is 0 Å². The van der Waals surface area contributed by atoms with Crippen LogP contribution in [0.1, 0.15) is 30.3 Å². The number of ether oxygens (including phenoxy) is 1. The number of hydrogen-bond donors (Lipinski definition) is 3. The van der Waals surface area contributed by atoms with Crippen molar-refractivity contribution in [3.63, 3.8) is 0 Å². The summed E-state index contributed by atoms with van der Waals surface area (Å²) in [5.41, 5.74) is 4.58. The van der Waals surface area contributed by atoms with Crippen molar-refractivity contribution in [2.45, 2.75) is 39.5 Å². The van der Waals surface area contributed by atoms with Crippen molar-refractivity contribution in [2.75, 3.05) is 13.6 Å². The fourth-order valence-corrected chi connectivity index (χ4v) is 3.43. The molecule has 0 saturated carbocycles. The van der Waals surface area contributed by atoms with Crippen molar-refractivity contribution in [1.29, 1.82) is 0 Å². The Morgan fingerprint density at radius 1 is 1.27 bits per heavy atom. The monoisotopic (exact) mass is 539 g/mol. The zero-order chi connectivity index (χ0) is 27.3. The number of hydrogen-bond acceptors (Lipinski definition) is 9. The van der Waals surface area contributed by atoms with Crippen molar-refractivity contribution in [1.82, 2.24) is 20.8 Å². The van der Waals surface area contributed by atoms with Gasteiger partial charge in [0.1, 0.15) is 5.75 Å². The van der Waals surface area contributed by atoms with Gasteiger partial charge >= 0.3 is 6.36 Å². The molecule has 1 aromatic heterocycles. The molecular weight excluding hydrogens is 511 g/mol. The summed E-state index contributed by atoms with van der Waals surface area (Å²) >= 11 is 0.771. The molecule has 2 rings (SSSR count). The summed E-state index contributed by atoms with van der Waals surface area (Å²) in [5, 5.41) is 21.9. The van der Waals surface area contributed by atoms with E-state index in [-0.39, 0.29) is 24.0 Å². The second kappa shape index (κ2) is 14.8. The number of amidine groups is 1. The maximum atomic E-state index is 12.4. The molecule has 37 heavy (non-hydrogen) atoms. The number of aromatic nitrogens is 1. The summed E-state index contributed by atoms with van der Waals surface area (Å²) < 4.78 is 45.1. The minimum atomic E-state index is -4.83. The Balaban J connectivity index is 1.96. The number of alkyl halides is 3. The van der Waals surface area contributed by atoms with Crippen LogP contribution in [0.25, 0.3) is 0 Å². The van der Waals surface area contributed by atoms with E-state index in [9.17, 15) is 23.2 Å². The van der Waals surface area contributed by atoms with Gasteiger partial charge in [0.15, 0.2) is 5.82 Å². The first-order chi connectivity index (χ1) is 17.6. The predicted molar refractivity (Wildman–Crippen MR) is 133 cm³/mol. The lowest BCUT2D eigenvalue weighted by molar-refractivity contribution is -0.274. The molecule has 1 aromatic carbocycles. The topological polar surface area (TPSA) is 124 Å². The SMILES string of the molecule is CC/C=C(\N=NS/C(=N\NC)N(O)CCc1cccc(C)n1)NC(=O)Cc1cccc(OC(F)(F)F)c1. The Morgan fingerprint density at radius 2 is 2.03 bits per heavy atom. The first-order valence-corrected chi connectivity index (χ1v) is 11.9.